The number of aromatic nitrogens is 3. The third kappa shape index (κ3) is 3.81. The maximum Gasteiger partial charge on any atom is 0.328 e. The van der Waals surface area contributed by atoms with Gasteiger partial charge in [0.15, 0.2) is 5.82 Å². The third-order valence-electron chi connectivity index (χ3n) is 3.68. The summed E-state index contributed by atoms with van der Waals surface area (Å²) < 4.78 is 40.9. The fraction of sp³-hybridized carbons (Fsp3) is 0.438. The van der Waals surface area contributed by atoms with Gasteiger partial charge in [-0.15, -0.1) is 10.2 Å². The molecule has 0 aliphatic rings. The molecule has 25 heavy (non-hydrogen) atoms. The molecule has 0 aliphatic carbocycles. The van der Waals surface area contributed by atoms with Crippen LogP contribution in [0.1, 0.15) is 39.3 Å². The first kappa shape index (κ1) is 18.9. The average Bonchev–Trinajstić information content (AvgIpc) is 2.94. The van der Waals surface area contributed by atoms with Gasteiger partial charge >= 0.3 is 12.5 Å². The molecule has 0 amide bonds. The van der Waals surface area contributed by atoms with E-state index in [2.05, 4.69) is 10.2 Å². The quantitative estimate of drug-likeness (QED) is 0.858. The van der Waals surface area contributed by atoms with E-state index < -0.39 is 29.3 Å². The van der Waals surface area contributed by atoms with Crippen LogP contribution in [0.15, 0.2) is 24.5 Å². The normalized spacial score (nSPS) is 14.6. The van der Waals surface area contributed by atoms with Gasteiger partial charge in [-0.05, 0) is 17.9 Å². The van der Waals surface area contributed by atoms with Crippen molar-refractivity contribution in [3.8, 4) is 11.4 Å². The minimum atomic E-state index is -2.89. The zero-order chi connectivity index (χ0) is 19.0. The number of hydrogen-bond donors (Lipinski definition) is 2. The molecule has 9 heteroatoms. The average molecular weight is 356 g/mol. The molecule has 1 heterocycles. The number of carboxylic acids is 1. The molecular weight excluding hydrogens is 337 g/mol. The standard InChI is InChI=1S/C16H19F3N4O2/c1-15(2,3)7-16(20,13(24)25)10-5-4-9(6-11(10)17)12-22-21-8-23(12)14(18)19/h4-6,8,14H,7,20H2,1-3H3,(H,24,25). The predicted molar refractivity (Wildman–Crippen MR) is 84.2 cm³/mol. The van der Waals surface area contributed by atoms with Crippen LogP contribution < -0.4 is 5.73 Å². The maximum atomic E-state index is 14.6. The lowest BCUT2D eigenvalue weighted by Crippen LogP contribution is -2.48. The molecule has 0 saturated carbocycles. The molecule has 0 bridgehead atoms. The first-order valence-corrected chi connectivity index (χ1v) is 7.46. The lowest BCUT2D eigenvalue weighted by atomic mass is 9.76. The Morgan fingerprint density at radius 1 is 1.36 bits per heavy atom. The molecule has 0 aliphatic heterocycles. The third-order valence-corrected chi connectivity index (χ3v) is 3.68. The molecule has 1 unspecified atom stereocenters. The molecule has 1 aromatic carbocycles. The highest BCUT2D eigenvalue weighted by atomic mass is 19.3. The van der Waals surface area contributed by atoms with Crippen LogP contribution in [0.5, 0.6) is 0 Å². The second kappa shape index (κ2) is 6.47. The van der Waals surface area contributed by atoms with Crippen molar-refractivity contribution < 1.29 is 23.1 Å². The van der Waals surface area contributed by atoms with Crippen molar-refractivity contribution in [3.63, 3.8) is 0 Å². The molecule has 0 radical (unpaired) electrons. The number of nitrogens with two attached hydrogens (primary N) is 1. The van der Waals surface area contributed by atoms with Crippen molar-refractivity contribution in [2.75, 3.05) is 0 Å². The van der Waals surface area contributed by atoms with E-state index in [9.17, 15) is 23.1 Å². The topological polar surface area (TPSA) is 94.0 Å². The van der Waals surface area contributed by atoms with Gasteiger partial charge in [-0.2, -0.15) is 8.78 Å². The van der Waals surface area contributed by atoms with Gasteiger partial charge in [0.05, 0.1) is 0 Å². The Bertz CT molecular complexity index is 786. The summed E-state index contributed by atoms with van der Waals surface area (Å²) >= 11 is 0. The Labute approximate surface area is 142 Å². The van der Waals surface area contributed by atoms with Crippen molar-refractivity contribution in [2.24, 2.45) is 11.1 Å². The number of alkyl halides is 2. The van der Waals surface area contributed by atoms with Crippen LogP contribution in [0.2, 0.25) is 0 Å². The molecule has 1 aromatic heterocycles. The fourth-order valence-corrected chi connectivity index (χ4v) is 2.73. The van der Waals surface area contributed by atoms with Crippen molar-refractivity contribution >= 4 is 5.97 Å². The van der Waals surface area contributed by atoms with Gasteiger partial charge in [0, 0.05) is 11.1 Å². The minimum Gasteiger partial charge on any atom is -0.480 e. The molecule has 2 aromatic rings. The molecule has 0 saturated heterocycles. The number of aliphatic carboxylic acids is 1. The zero-order valence-corrected chi connectivity index (χ0v) is 14.0. The van der Waals surface area contributed by atoms with Crippen LogP contribution in [-0.2, 0) is 10.3 Å². The van der Waals surface area contributed by atoms with Gasteiger partial charge in [0.1, 0.15) is 17.7 Å². The second-order valence-corrected chi connectivity index (χ2v) is 7.05. The summed E-state index contributed by atoms with van der Waals surface area (Å²) in [6, 6.07) is 3.43. The highest BCUT2D eigenvalue weighted by molar-refractivity contribution is 5.81. The van der Waals surface area contributed by atoms with Crippen molar-refractivity contribution in [2.45, 2.75) is 39.3 Å². The Hall–Kier alpha value is -2.42. The maximum absolute atomic E-state index is 14.6. The van der Waals surface area contributed by atoms with Crippen LogP contribution in [0, 0.1) is 11.2 Å². The summed E-state index contributed by atoms with van der Waals surface area (Å²) in [4.78, 5) is 11.7. The van der Waals surface area contributed by atoms with Gasteiger partial charge in [0.25, 0.3) is 0 Å². The minimum absolute atomic E-state index is 0.0151. The summed E-state index contributed by atoms with van der Waals surface area (Å²) in [5.41, 5.74) is 3.40. The van der Waals surface area contributed by atoms with E-state index in [0.717, 1.165) is 12.4 Å². The number of carboxylic acid groups (broad SMARTS) is 1. The Balaban J connectivity index is 2.51. The first-order chi connectivity index (χ1) is 11.5. The summed E-state index contributed by atoms with van der Waals surface area (Å²) in [6.45, 7) is 2.47. The van der Waals surface area contributed by atoms with E-state index in [1.807, 2.05) is 0 Å². The van der Waals surface area contributed by atoms with Crippen LogP contribution in [0.3, 0.4) is 0 Å². The Kier molecular flexibility index (Phi) is 4.90. The van der Waals surface area contributed by atoms with Crippen molar-refractivity contribution in [3.05, 3.63) is 35.9 Å². The zero-order valence-electron chi connectivity index (χ0n) is 14.0. The monoisotopic (exact) mass is 356 g/mol. The molecule has 2 rings (SSSR count). The molecule has 0 fully saturated rings. The van der Waals surface area contributed by atoms with Gasteiger partial charge in [-0.3, -0.25) is 4.57 Å². The van der Waals surface area contributed by atoms with E-state index in [4.69, 9.17) is 5.73 Å². The van der Waals surface area contributed by atoms with Crippen LogP contribution in [-0.4, -0.2) is 25.8 Å². The van der Waals surface area contributed by atoms with E-state index in [1.54, 1.807) is 20.8 Å². The van der Waals surface area contributed by atoms with Crippen LogP contribution in [0.25, 0.3) is 11.4 Å². The highest BCUT2D eigenvalue weighted by Gasteiger charge is 2.41. The number of benzene rings is 1. The molecule has 0 spiro atoms. The lowest BCUT2D eigenvalue weighted by molar-refractivity contribution is -0.145. The van der Waals surface area contributed by atoms with E-state index in [-0.39, 0.29) is 23.4 Å². The summed E-state index contributed by atoms with van der Waals surface area (Å²) in [5, 5.41) is 16.5. The smallest absolute Gasteiger partial charge is 0.328 e. The number of hydrogen-bond acceptors (Lipinski definition) is 4. The number of carbonyl (C=O) groups is 1. The van der Waals surface area contributed by atoms with Crippen molar-refractivity contribution in [1.82, 2.24) is 14.8 Å². The molecule has 1 atom stereocenters. The second-order valence-electron chi connectivity index (χ2n) is 7.05. The summed E-state index contributed by atoms with van der Waals surface area (Å²) in [7, 11) is 0. The van der Waals surface area contributed by atoms with E-state index in [1.165, 1.54) is 12.1 Å². The predicted octanol–water partition coefficient (Wildman–Crippen LogP) is 3.15. The largest absolute Gasteiger partial charge is 0.480 e. The fourth-order valence-electron chi connectivity index (χ4n) is 2.73. The Morgan fingerprint density at radius 2 is 2.00 bits per heavy atom. The van der Waals surface area contributed by atoms with Gasteiger partial charge < -0.3 is 10.8 Å². The van der Waals surface area contributed by atoms with E-state index in [0.29, 0.717) is 4.57 Å². The molecule has 136 valence electrons. The SMILES string of the molecule is CC(C)(C)CC(N)(C(=O)O)c1ccc(-c2nncn2C(F)F)cc1F. The van der Waals surface area contributed by atoms with E-state index >= 15 is 0 Å². The molecule has 3 N–H and O–H groups in total. The van der Waals surface area contributed by atoms with Crippen LogP contribution in [0.4, 0.5) is 13.2 Å². The number of halogens is 3. The molecule has 6 nitrogen and oxygen atoms in total. The van der Waals surface area contributed by atoms with Gasteiger partial charge in [-0.25, -0.2) is 9.18 Å². The summed E-state index contributed by atoms with van der Waals surface area (Å²) in [6.07, 6.45) is 0.814. The highest BCUT2D eigenvalue weighted by Crippen LogP contribution is 2.35. The van der Waals surface area contributed by atoms with Gasteiger partial charge in [-0.1, -0.05) is 32.9 Å². The number of nitrogens with zero attached hydrogens (tertiary/aromatic N) is 3. The molecular formula is C16H19F3N4O2. The number of rotatable bonds is 5. The van der Waals surface area contributed by atoms with Gasteiger partial charge in [0.2, 0.25) is 0 Å². The Morgan fingerprint density at radius 3 is 2.48 bits per heavy atom. The lowest BCUT2D eigenvalue weighted by Gasteiger charge is -2.32. The summed E-state index contributed by atoms with van der Waals surface area (Å²) in [5.74, 6) is -2.51. The van der Waals surface area contributed by atoms with Crippen LogP contribution >= 0.6 is 0 Å². The van der Waals surface area contributed by atoms with Crippen molar-refractivity contribution in [1.29, 1.82) is 0 Å². The first-order valence-electron chi connectivity index (χ1n) is 7.46.